The first-order chi connectivity index (χ1) is 15.9. The summed E-state index contributed by atoms with van der Waals surface area (Å²) in [7, 11) is 1.71. The van der Waals surface area contributed by atoms with Gasteiger partial charge in [0.25, 0.3) is 0 Å². The third-order valence-corrected chi connectivity index (χ3v) is 6.82. The minimum absolute atomic E-state index is 0.200. The summed E-state index contributed by atoms with van der Waals surface area (Å²) in [6, 6.07) is 0. The van der Waals surface area contributed by atoms with Gasteiger partial charge >= 0.3 is 12.1 Å². The molecule has 0 heterocycles. The Kier molecular flexibility index (Phi) is 16.7. The first-order valence-corrected chi connectivity index (χ1v) is 13.6. The van der Waals surface area contributed by atoms with Crippen LogP contribution >= 0.6 is 0 Å². The van der Waals surface area contributed by atoms with Crippen molar-refractivity contribution in [1.82, 2.24) is 5.32 Å². The van der Waals surface area contributed by atoms with Gasteiger partial charge in [0.15, 0.2) is 0 Å². The largest absolute Gasteiger partial charge is 0.414 e. The monoisotopic (exact) mass is 485 g/mol. The molecule has 202 valence electrons. The Bertz CT molecular complexity index is 547. The summed E-state index contributed by atoms with van der Waals surface area (Å²) in [4.78, 5) is 25.2. The minimum atomic E-state index is -0.640. The molecule has 0 spiro atoms. The van der Waals surface area contributed by atoms with Crippen LogP contribution in [-0.4, -0.2) is 43.5 Å². The first kappa shape index (κ1) is 32.9. The van der Waals surface area contributed by atoms with Crippen LogP contribution in [0.15, 0.2) is 0 Å². The van der Waals surface area contributed by atoms with Gasteiger partial charge in [-0.1, -0.05) is 65.2 Å². The quantitative estimate of drug-likeness (QED) is 0.109. The van der Waals surface area contributed by atoms with Crippen molar-refractivity contribution in [2.24, 2.45) is 5.41 Å². The van der Waals surface area contributed by atoms with Gasteiger partial charge in [-0.15, -0.1) is 0 Å². The maximum Gasteiger partial charge on any atom is 0.414 e. The summed E-state index contributed by atoms with van der Waals surface area (Å²) < 4.78 is 16.7. The molecule has 0 bridgehead atoms. The van der Waals surface area contributed by atoms with Gasteiger partial charge in [-0.3, -0.25) is 4.79 Å². The molecular formula is C28H55NO5. The Balaban J connectivity index is 4.47. The number of carbonyl (C=O) groups is 2. The van der Waals surface area contributed by atoms with E-state index in [1.807, 2.05) is 20.8 Å². The van der Waals surface area contributed by atoms with Crippen LogP contribution in [0.1, 0.15) is 132 Å². The van der Waals surface area contributed by atoms with Crippen molar-refractivity contribution in [3.63, 3.8) is 0 Å². The predicted molar refractivity (Wildman–Crippen MR) is 140 cm³/mol. The lowest BCUT2D eigenvalue weighted by molar-refractivity contribution is -0.149. The summed E-state index contributed by atoms with van der Waals surface area (Å²) in [6.07, 6.45) is 12.1. The van der Waals surface area contributed by atoms with Crippen LogP contribution in [0, 0.1) is 5.41 Å². The lowest BCUT2D eigenvalue weighted by Crippen LogP contribution is -2.36. The fourth-order valence-electron chi connectivity index (χ4n) is 3.91. The molecule has 0 radical (unpaired) electrons. The molecule has 0 aliphatic rings. The molecule has 6 heteroatoms. The SMILES string of the molecule is CCCCCCC(C)(CCCCCC)C(=O)OC(=O)NCCCC(C)(C)OCCC(C)(C)OC. The number of methoxy groups -OCH3 is 1. The Hall–Kier alpha value is -1.14. The van der Waals surface area contributed by atoms with E-state index >= 15 is 0 Å². The van der Waals surface area contributed by atoms with Crippen LogP contribution in [-0.2, 0) is 19.0 Å². The van der Waals surface area contributed by atoms with Crippen LogP contribution in [0.25, 0.3) is 0 Å². The van der Waals surface area contributed by atoms with E-state index < -0.39 is 11.5 Å². The highest BCUT2D eigenvalue weighted by Gasteiger charge is 2.35. The zero-order valence-electron chi connectivity index (χ0n) is 23.6. The number of hydrogen-bond donors (Lipinski definition) is 1. The van der Waals surface area contributed by atoms with E-state index in [-0.39, 0.29) is 17.2 Å². The van der Waals surface area contributed by atoms with Crippen molar-refractivity contribution in [2.75, 3.05) is 20.3 Å². The molecular weight excluding hydrogens is 430 g/mol. The van der Waals surface area contributed by atoms with Gasteiger partial charge in [0.2, 0.25) is 0 Å². The topological polar surface area (TPSA) is 73.9 Å². The van der Waals surface area contributed by atoms with E-state index in [0.29, 0.717) is 13.2 Å². The normalized spacial score (nSPS) is 12.6. The maximum atomic E-state index is 12.9. The molecule has 1 N–H and O–H groups in total. The lowest BCUT2D eigenvalue weighted by atomic mass is 9.79. The lowest BCUT2D eigenvalue weighted by Gasteiger charge is -2.29. The number of amides is 1. The van der Waals surface area contributed by atoms with Crippen LogP contribution in [0.5, 0.6) is 0 Å². The van der Waals surface area contributed by atoms with E-state index in [2.05, 4.69) is 33.0 Å². The Labute approximate surface area is 210 Å². The number of nitrogens with one attached hydrogen (secondary N) is 1. The molecule has 0 unspecified atom stereocenters. The molecule has 1 amide bonds. The second-order valence-electron chi connectivity index (χ2n) is 11.2. The molecule has 0 fully saturated rings. The highest BCUT2D eigenvalue weighted by atomic mass is 16.6. The number of carbonyl (C=O) groups excluding carboxylic acids is 2. The second-order valence-corrected chi connectivity index (χ2v) is 11.2. The molecule has 0 aromatic rings. The van der Waals surface area contributed by atoms with Crippen molar-refractivity contribution in [2.45, 2.75) is 143 Å². The Morgan fingerprint density at radius 2 is 1.26 bits per heavy atom. The van der Waals surface area contributed by atoms with E-state index in [1.54, 1.807) is 7.11 Å². The minimum Gasteiger partial charge on any atom is -0.379 e. The number of ether oxygens (including phenoxy) is 3. The third-order valence-electron chi connectivity index (χ3n) is 6.82. The van der Waals surface area contributed by atoms with Crippen molar-refractivity contribution in [3.05, 3.63) is 0 Å². The van der Waals surface area contributed by atoms with Gasteiger partial charge in [-0.2, -0.15) is 0 Å². The third kappa shape index (κ3) is 15.7. The van der Waals surface area contributed by atoms with Gasteiger partial charge in [0.05, 0.1) is 23.2 Å². The molecule has 6 nitrogen and oxygen atoms in total. The Morgan fingerprint density at radius 3 is 1.76 bits per heavy atom. The van der Waals surface area contributed by atoms with Gasteiger partial charge in [0.1, 0.15) is 0 Å². The zero-order chi connectivity index (χ0) is 26.1. The number of hydrogen-bond acceptors (Lipinski definition) is 5. The zero-order valence-corrected chi connectivity index (χ0v) is 23.6. The van der Waals surface area contributed by atoms with Crippen molar-refractivity contribution in [3.8, 4) is 0 Å². The number of alkyl carbamates (subject to hydrolysis) is 1. The van der Waals surface area contributed by atoms with Crippen LogP contribution in [0.4, 0.5) is 4.79 Å². The molecule has 0 aromatic carbocycles. The van der Waals surface area contributed by atoms with E-state index in [1.165, 1.54) is 12.8 Å². The van der Waals surface area contributed by atoms with Crippen molar-refractivity contribution < 1.29 is 23.8 Å². The molecule has 0 aliphatic heterocycles. The standard InChI is InChI=1S/C28H55NO5/c1-9-11-13-15-19-28(7,20-16-14-12-10-2)24(30)34-25(31)29-22-17-18-27(5,6)33-23-21-26(3,4)32-8/h9-23H2,1-8H3,(H,29,31). The molecule has 0 aliphatic carbocycles. The van der Waals surface area contributed by atoms with E-state index in [0.717, 1.165) is 70.6 Å². The summed E-state index contributed by atoms with van der Waals surface area (Å²) in [5.41, 5.74) is -1.08. The average Bonchev–Trinajstić information content (AvgIpc) is 2.77. The average molecular weight is 486 g/mol. The van der Waals surface area contributed by atoms with Crippen LogP contribution < -0.4 is 5.32 Å². The van der Waals surface area contributed by atoms with Crippen LogP contribution in [0.3, 0.4) is 0 Å². The Morgan fingerprint density at radius 1 is 0.706 bits per heavy atom. The summed E-state index contributed by atoms with van der Waals surface area (Å²) in [5.74, 6) is -0.387. The molecule has 0 saturated heterocycles. The highest BCUT2D eigenvalue weighted by molar-refractivity contribution is 5.87. The molecule has 0 atom stereocenters. The second kappa shape index (κ2) is 17.3. The first-order valence-electron chi connectivity index (χ1n) is 13.6. The summed E-state index contributed by atoms with van der Waals surface area (Å²) >= 11 is 0. The van der Waals surface area contributed by atoms with Crippen LogP contribution in [0.2, 0.25) is 0 Å². The molecule has 0 rings (SSSR count). The van der Waals surface area contributed by atoms with Gasteiger partial charge in [0, 0.05) is 13.7 Å². The van der Waals surface area contributed by atoms with E-state index in [9.17, 15) is 9.59 Å². The highest BCUT2D eigenvalue weighted by Crippen LogP contribution is 2.33. The van der Waals surface area contributed by atoms with Crippen molar-refractivity contribution in [1.29, 1.82) is 0 Å². The number of unbranched alkanes of at least 4 members (excludes halogenated alkanes) is 6. The van der Waals surface area contributed by atoms with Gasteiger partial charge < -0.3 is 19.5 Å². The number of rotatable bonds is 20. The molecule has 0 aromatic heterocycles. The smallest absolute Gasteiger partial charge is 0.379 e. The fourth-order valence-corrected chi connectivity index (χ4v) is 3.91. The predicted octanol–water partition coefficient (Wildman–Crippen LogP) is 7.58. The van der Waals surface area contributed by atoms with Gasteiger partial charge in [-0.05, 0) is 66.7 Å². The molecule has 0 saturated carbocycles. The summed E-state index contributed by atoms with van der Waals surface area (Å²) in [5, 5.41) is 2.74. The maximum absolute atomic E-state index is 12.9. The van der Waals surface area contributed by atoms with Gasteiger partial charge in [-0.25, -0.2) is 4.79 Å². The molecule has 34 heavy (non-hydrogen) atoms. The van der Waals surface area contributed by atoms with Crippen molar-refractivity contribution >= 4 is 12.1 Å². The number of esters is 1. The van der Waals surface area contributed by atoms with E-state index in [4.69, 9.17) is 14.2 Å². The fraction of sp³-hybridized carbons (Fsp3) is 0.929. The summed E-state index contributed by atoms with van der Waals surface area (Å²) in [6.45, 7) is 15.6.